The molecule has 1 heterocycles. The first-order valence-electron chi connectivity index (χ1n) is 7.41. The smallest absolute Gasteiger partial charge is 0.335 e. The predicted molar refractivity (Wildman–Crippen MR) is 81.8 cm³/mol. The molecule has 0 saturated heterocycles. The lowest BCUT2D eigenvalue weighted by atomic mass is 10.2. The molecule has 1 aromatic heterocycles. The Morgan fingerprint density at radius 3 is 2.81 bits per heavy atom. The fourth-order valence-electron chi connectivity index (χ4n) is 2.33. The molecule has 21 heavy (non-hydrogen) atoms. The Morgan fingerprint density at radius 2 is 2.10 bits per heavy atom. The van der Waals surface area contributed by atoms with Crippen LogP contribution in [0.5, 0.6) is 0 Å². The number of aromatic nitrogens is 2. The van der Waals surface area contributed by atoms with Crippen molar-refractivity contribution < 1.29 is 14.6 Å². The maximum atomic E-state index is 11.1. The van der Waals surface area contributed by atoms with E-state index in [-0.39, 0.29) is 0 Å². The molecule has 2 aromatic rings. The van der Waals surface area contributed by atoms with Crippen LogP contribution in [0.2, 0.25) is 0 Å². The molecule has 0 spiro atoms. The van der Waals surface area contributed by atoms with Crippen LogP contribution in [0.1, 0.15) is 42.4 Å². The van der Waals surface area contributed by atoms with Gasteiger partial charge in [0.2, 0.25) is 0 Å². The standard InChI is InChI=1S/C16H22N2O3/c1-3-4-9-21-10-5-8-18-12(2)17-14-7-6-13(16(19)20)11-15(14)18/h6-7,11H,3-5,8-10H2,1-2H3,(H,19,20). The Kier molecular flexibility index (Phi) is 5.33. The van der Waals surface area contributed by atoms with Gasteiger partial charge in [0.25, 0.3) is 0 Å². The molecular formula is C16H22N2O3. The summed E-state index contributed by atoms with van der Waals surface area (Å²) in [5.41, 5.74) is 2.01. The van der Waals surface area contributed by atoms with Crippen LogP contribution in [-0.4, -0.2) is 33.8 Å². The number of carbonyl (C=O) groups is 1. The maximum absolute atomic E-state index is 11.1. The Labute approximate surface area is 124 Å². The highest BCUT2D eigenvalue weighted by Gasteiger charge is 2.10. The Hall–Kier alpha value is -1.88. The maximum Gasteiger partial charge on any atom is 0.335 e. The van der Waals surface area contributed by atoms with Crippen molar-refractivity contribution in [3.05, 3.63) is 29.6 Å². The summed E-state index contributed by atoms with van der Waals surface area (Å²) in [6.07, 6.45) is 3.13. The van der Waals surface area contributed by atoms with Gasteiger partial charge in [-0.15, -0.1) is 0 Å². The zero-order chi connectivity index (χ0) is 15.2. The Bertz CT molecular complexity index is 619. The van der Waals surface area contributed by atoms with Gasteiger partial charge in [-0.05, 0) is 38.0 Å². The number of carboxylic acid groups (broad SMARTS) is 1. The van der Waals surface area contributed by atoms with Gasteiger partial charge in [0.15, 0.2) is 0 Å². The van der Waals surface area contributed by atoms with Crippen LogP contribution >= 0.6 is 0 Å². The van der Waals surface area contributed by atoms with Crippen molar-refractivity contribution in [3.8, 4) is 0 Å². The number of aromatic carboxylic acids is 1. The van der Waals surface area contributed by atoms with Crippen molar-refractivity contribution in [3.63, 3.8) is 0 Å². The molecule has 0 fully saturated rings. The van der Waals surface area contributed by atoms with Crippen LogP contribution in [0.3, 0.4) is 0 Å². The number of unbranched alkanes of at least 4 members (excludes halogenated alkanes) is 1. The topological polar surface area (TPSA) is 64.4 Å². The van der Waals surface area contributed by atoms with E-state index in [0.29, 0.717) is 5.56 Å². The first-order valence-corrected chi connectivity index (χ1v) is 7.41. The SMILES string of the molecule is CCCCOCCCn1c(C)nc2ccc(C(=O)O)cc21. The first kappa shape index (κ1) is 15.5. The van der Waals surface area contributed by atoms with E-state index in [9.17, 15) is 4.79 Å². The van der Waals surface area contributed by atoms with E-state index in [1.54, 1.807) is 18.2 Å². The molecule has 5 nitrogen and oxygen atoms in total. The summed E-state index contributed by atoms with van der Waals surface area (Å²) in [5, 5.41) is 9.09. The summed E-state index contributed by atoms with van der Waals surface area (Å²) >= 11 is 0. The molecule has 0 unspecified atom stereocenters. The predicted octanol–water partition coefficient (Wildman–Crippen LogP) is 3.25. The fraction of sp³-hybridized carbons (Fsp3) is 0.500. The second-order valence-electron chi connectivity index (χ2n) is 5.14. The molecule has 114 valence electrons. The van der Waals surface area contributed by atoms with Gasteiger partial charge in [-0.25, -0.2) is 9.78 Å². The molecule has 1 aromatic carbocycles. The van der Waals surface area contributed by atoms with Gasteiger partial charge in [0.1, 0.15) is 5.82 Å². The van der Waals surface area contributed by atoms with Crippen LogP contribution in [0.4, 0.5) is 0 Å². The zero-order valence-electron chi connectivity index (χ0n) is 12.6. The minimum absolute atomic E-state index is 0.294. The summed E-state index contributed by atoms with van der Waals surface area (Å²) < 4.78 is 7.62. The molecule has 0 aliphatic heterocycles. The summed E-state index contributed by atoms with van der Waals surface area (Å²) in [6, 6.07) is 5.05. The number of aryl methyl sites for hydroxylation is 2. The van der Waals surface area contributed by atoms with Gasteiger partial charge in [-0.1, -0.05) is 13.3 Å². The molecular weight excluding hydrogens is 268 g/mol. The van der Waals surface area contributed by atoms with Crippen molar-refractivity contribution in [1.82, 2.24) is 9.55 Å². The third kappa shape index (κ3) is 3.82. The highest BCUT2D eigenvalue weighted by molar-refractivity contribution is 5.92. The van der Waals surface area contributed by atoms with Crippen molar-refractivity contribution in [2.45, 2.75) is 39.7 Å². The lowest BCUT2D eigenvalue weighted by molar-refractivity contribution is 0.0697. The molecule has 1 N–H and O–H groups in total. The third-order valence-corrected chi connectivity index (χ3v) is 3.50. The third-order valence-electron chi connectivity index (χ3n) is 3.50. The van der Waals surface area contributed by atoms with E-state index in [0.717, 1.165) is 55.9 Å². The summed E-state index contributed by atoms with van der Waals surface area (Å²) in [5.74, 6) is -0.00806. The summed E-state index contributed by atoms with van der Waals surface area (Å²) in [4.78, 5) is 15.5. The molecule has 0 aliphatic carbocycles. The number of rotatable bonds is 8. The summed E-state index contributed by atoms with van der Waals surface area (Å²) in [6.45, 7) is 6.40. The van der Waals surface area contributed by atoms with Gasteiger partial charge in [0.05, 0.1) is 16.6 Å². The van der Waals surface area contributed by atoms with Crippen LogP contribution in [-0.2, 0) is 11.3 Å². The Balaban J connectivity index is 2.06. The lowest BCUT2D eigenvalue weighted by Crippen LogP contribution is -2.05. The largest absolute Gasteiger partial charge is 0.478 e. The monoisotopic (exact) mass is 290 g/mol. The highest BCUT2D eigenvalue weighted by atomic mass is 16.5. The van der Waals surface area contributed by atoms with Crippen LogP contribution in [0.25, 0.3) is 11.0 Å². The average molecular weight is 290 g/mol. The van der Waals surface area contributed by atoms with Crippen molar-refractivity contribution in [2.24, 2.45) is 0 Å². The molecule has 0 aliphatic rings. The van der Waals surface area contributed by atoms with Crippen LogP contribution < -0.4 is 0 Å². The molecule has 0 bridgehead atoms. The minimum atomic E-state index is -0.912. The van der Waals surface area contributed by atoms with E-state index in [4.69, 9.17) is 9.84 Å². The molecule has 0 radical (unpaired) electrons. The van der Waals surface area contributed by atoms with Gasteiger partial charge in [-0.2, -0.15) is 0 Å². The van der Waals surface area contributed by atoms with Gasteiger partial charge in [0, 0.05) is 19.8 Å². The molecule has 2 rings (SSSR count). The molecule has 0 amide bonds. The van der Waals surface area contributed by atoms with Crippen LogP contribution in [0, 0.1) is 6.92 Å². The number of carboxylic acids is 1. The van der Waals surface area contributed by atoms with E-state index >= 15 is 0 Å². The number of hydrogen-bond donors (Lipinski definition) is 1. The molecule has 0 atom stereocenters. The lowest BCUT2D eigenvalue weighted by Gasteiger charge is -2.08. The normalized spacial score (nSPS) is 11.1. The number of hydrogen-bond acceptors (Lipinski definition) is 3. The quantitative estimate of drug-likeness (QED) is 0.758. The number of benzene rings is 1. The average Bonchev–Trinajstić information content (AvgIpc) is 2.77. The number of ether oxygens (including phenoxy) is 1. The first-order chi connectivity index (χ1) is 10.1. The number of nitrogens with zero attached hydrogens (tertiary/aromatic N) is 2. The number of fused-ring (bicyclic) bond motifs is 1. The summed E-state index contributed by atoms with van der Waals surface area (Å²) in [7, 11) is 0. The van der Waals surface area contributed by atoms with Crippen LogP contribution in [0.15, 0.2) is 18.2 Å². The van der Waals surface area contributed by atoms with E-state index in [1.165, 1.54) is 0 Å². The van der Waals surface area contributed by atoms with Crippen molar-refractivity contribution >= 4 is 17.0 Å². The van der Waals surface area contributed by atoms with E-state index in [1.807, 2.05) is 6.92 Å². The van der Waals surface area contributed by atoms with E-state index < -0.39 is 5.97 Å². The number of imidazole rings is 1. The van der Waals surface area contributed by atoms with Gasteiger partial charge in [-0.3, -0.25) is 0 Å². The van der Waals surface area contributed by atoms with Crippen molar-refractivity contribution in [2.75, 3.05) is 13.2 Å². The fourth-order valence-corrected chi connectivity index (χ4v) is 2.33. The zero-order valence-corrected chi connectivity index (χ0v) is 12.6. The second-order valence-corrected chi connectivity index (χ2v) is 5.14. The second kappa shape index (κ2) is 7.22. The van der Waals surface area contributed by atoms with Crippen molar-refractivity contribution in [1.29, 1.82) is 0 Å². The minimum Gasteiger partial charge on any atom is -0.478 e. The van der Waals surface area contributed by atoms with E-state index in [2.05, 4.69) is 16.5 Å². The van der Waals surface area contributed by atoms with Gasteiger partial charge < -0.3 is 14.4 Å². The highest BCUT2D eigenvalue weighted by Crippen LogP contribution is 2.18. The Morgan fingerprint density at radius 1 is 1.33 bits per heavy atom. The molecule has 0 saturated carbocycles. The van der Waals surface area contributed by atoms with Gasteiger partial charge >= 0.3 is 5.97 Å². The molecule has 5 heteroatoms.